The Labute approximate surface area is 170 Å². The number of piperidine rings is 1. The minimum atomic E-state index is -0.121. The largest absolute Gasteiger partial charge is 0.342 e. The van der Waals surface area contributed by atoms with Gasteiger partial charge in [0.15, 0.2) is 11.5 Å². The summed E-state index contributed by atoms with van der Waals surface area (Å²) in [5, 5.41) is 13.8. The first kappa shape index (κ1) is 18.7. The molecule has 1 amide bonds. The Morgan fingerprint density at radius 1 is 1.22 bits per heavy atom. The molecule has 1 fully saturated rings. The summed E-state index contributed by atoms with van der Waals surface area (Å²) in [6, 6.07) is 7.55. The average molecular weight is 422 g/mol. The highest BCUT2D eigenvalue weighted by Gasteiger charge is 2.26. The van der Waals surface area contributed by atoms with Gasteiger partial charge in [-0.2, -0.15) is 9.61 Å². The van der Waals surface area contributed by atoms with Gasteiger partial charge in [-0.05, 0) is 49.9 Å². The quantitative estimate of drug-likeness (QED) is 0.571. The summed E-state index contributed by atoms with van der Waals surface area (Å²) in [6.45, 7) is 3.80. The number of halogens is 1. The predicted molar refractivity (Wildman–Crippen MR) is 109 cm³/mol. The van der Waals surface area contributed by atoms with Crippen LogP contribution in [0.2, 0.25) is 4.34 Å². The van der Waals surface area contributed by atoms with Crippen molar-refractivity contribution in [1.29, 1.82) is 0 Å². The second-order valence-corrected chi connectivity index (χ2v) is 9.41. The van der Waals surface area contributed by atoms with Crippen molar-refractivity contribution >= 4 is 46.3 Å². The molecule has 1 aliphatic rings. The molecular formula is C18H20ClN5OS2. The molecule has 4 heterocycles. The van der Waals surface area contributed by atoms with Crippen molar-refractivity contribution < 1.29 is 4.79 Å². The van der Waals surface area contributed by atoms with E-state index in [9.17, 15) is 4.79 Å². The van der Waals surface area contributed by atoms with Gasteiger partial charge in [0.1, 0.15) is 5.03 Å². The first-order chi connectivity index (χ1) is 13.2. The Balaban J connectivity index is 1.58. The molecule has 0 bridgehead atoms. The van der Waals surface area contributed by atoms with Gasteiger partial charge < -0.3 is 4.90 Å². The smallest absolute Gasteiger partial charge is 0.236 e. The van der Waals surface area contributed by atoms with E-state index in [4.69, 9.17) is 11.6 Å². The van der Waals surface area contributed by atoms with E-state index in [1.165, 1.54) is 29.5 Å². The van der Waals surface area contributed by atoms with Gasteiger partial charge >= 0.3 is 0 Å². The molecule has 0 unspecified atom stereocenters. The molecule has 142 valence electrons. The molecule has 0 spiro atoms. The van der Waals surface area contributed by atoms with Crippen LogP contribution in [-0.2, 0) is 4.79 Å². The predicted octanol–water partition coefficient (Wildman–Crippen LogP) is 4.39. The molecule has 6 nitrogen and oxygen atoms in total. The van der Waals surface area contributed by atoms with Crippen LogP contribution in [0, 0.1) is 0 Å². The second-order valence-electron chi connectivity index (χ2n) is 6.47. The van der Waals surface area contributed by atoms with E-state index < -0.39 is 0 Å². The Hall–Kier alpha value is -1.64. The van der Waals surface area contributed by atoms with Gasteiger partial charge in [-0.15, -0.1) is 21.5 Å². The molecule has 0 saturated carbocycles. The molecule has 3 aromatic rings. The van der Waals surface area contributed by atoms with Crippen molar-refractivity contribution in [2.45, 2.75) is 42.9 Å². The van der Waals surface area contributed by atoms with E-state index in [1.54, 1.807) is 4.52 Å². The molecule has 1 aliphatic heterocycles. The fourth-order valence-corrected chi connectivity index (χ4v) is 5.19. The minimum absolute atomic E-state index is 0.121. The number of fused-ring (bicyclic) bond motifs is 1. The maximum Gasteiger partial charge on any atom is 0.236 e. The lowest BCUT2D eigenvalue weighted by Gasteiger charge is -2.29. The Bertz CT molecular complexity index is 950. The third-order valence-corrected chi connectivity index (χ3v) is 7.11. The van der Waals surface area contributed by atoms with E-state index in [2.05, 4.69) is 22.2 Å². The molecule has 4 rings (SSSR count). The topological polar surface area (TPSA) is 63.4 Å². The number of nitrogens with zero attached hydrogens (tertiary/aromatic N) is 5. The molecule has 1 atom stereocenters. The number of thiophene rings is 1. The van der Waals surface area contributed by atoms with Crippen LogP contribution >= 0.6 is 34.7 Å². The van der Waals surface area contributed by atoms with E-state index in [1.807, 2.05) is 29.2 Å². The standard InChI is InChI=1S/C18H20ClN5OS2/c1-2-12(18(25)23-10-4-3-5-11-23)27-16-9-8-15-20-21-17(24(15)22-16)13-6-7-14(19)26-13/h6-9,12H,2-5,10-11H2,1H3/t12-/m1/s1. The Morgan fingerprint density at radius 3 is 2.74 bits per heavy atom. The zero-order valence-electron chi connectivity index (χ0n) is 15.0. The van der Waals surface area contributed by atoms with Crippen LogP contribution in [0.4, 0.5) is 0 Å². The minimum Gasteiger partial charge on any atom is -0.342 e. The Kier molecular flexibility index (Phi) is 5.66. The number of rotatable bonds is 5. The maximum absolute atomic E-state index is 12.9. The van der Waals surface area contributed by atoms with E-state index in [0.717, 1.165) is 42.3 Å². The molecule has 3 aromatic heterocycles. The van der Waals surface area contributed by atoms with Crippen molar-refractivity contribution in [3.05, 3.63) is 28.6 Å². The van der Waals surface area contributed by atoms with Gasteiger partial charge in [0, 0.05) is 13.1 Å². The summed E-state index contributed by atoms with van der Waals surface area (Å²) in [5.41, 5.74) is 0.675. The molecule has 1 saturated heterocycles. The third-order valence-electron chi connectivity index (χ3n) is 4.61. The van der Waals surface area contributed by atoms with Crippen LogP contribution in [0.5, 0.6) is 0 Å². The zero-order chi connectivity index (χ0) is 18.8. The van der Waals surface area contributed by atoms with E-state index in [-0.39, 0.29) is 11.2 Å². The fourth-order valence-electron chi connectivity index (χ4n) is 3.20. The summed E-state index contributed by atoms with van der Waals surface area (Å²) >= 11 is 9.01. The number of thioether (sulfide) groups is 1. The first-order valence-electron chi connectivity index (χ1n) is 9.09. The molecule has 0 radical (unpaired) electrons. The summed E-state index contributed by atoms with van der Waals surface area (Å²) in [7, 11) is 0. The lowest BCUT2D eigenvalue weighted by molar-refractivity contribution is -0.131. The van der Waals surface area contributed by atoms with Crippen molar-refractivity contribution in [3.8, 4) is 10.7 Å². The summed E-state index contributed by atoms with van der Waals surface area (Å²) in [6.07, 6.45) is 4.19. The summed E-state index contributed by atoms with van der Waals surface area (Å²) in [4.78, 5) is 15.8. The highest BCUT2D eigenvalue weighted by atomic mass is 35.5. The van der Waals surface area contributed by atoms with Gasteiger partial charge in [0.25, 0.3) is 0 Å². The molecule has 0 aromatic carbocycles. The normalized spacial score (nSPS) is 16.0. The van der Waals surface area contributed by atoms with E-state index in [0.29, 0.717) is 15.8 Å². The van der Waals surface area contributed by atoms with Crippen molar-refractivity contribution in [2.24, 2.45) is 0 Å². The molecule has 0 N–H and O–H groups in total. The summed E-state index contributed by atoms with van der Waals surface area (Å²) < 4.78 is 2.42. The second kappa shape index (κ2) is 8.16. The maximum atomic E-state index is 12.9. The number of hydrogen-bond acceptors (Lipinski definition) is 6. The van der Waals surface area contributed by atoms with Gasteiger partial charge in [-0.25, -0.2) is 0 Å². The van der Waals surface area contributed by atoms with Gasteiger partial charge in [0.2, 0.25) is 5.91 Å². The molecule has 9 heteroatoms. The molecular weight excluding hydrogens is 402 g/mol. The SMILES string of the molecule is CC[C@@H](Sc1ccc2nnc(-c3ccc(Cl)s3)n2n1)C(=O)N1CCCCC1. The van der Waals surface area contributed by atoms with Crippen molar-refractivity contribution in [3.63, 3.8) is 0 Å². The van der Waals surface area contributed by atoms with Gasteiger partial charge in [-0.1, -0.05) is 30.3 Å². The number of hydrogen-bond donors (Lipinski definition) is 0. The van der Waals surface area contributed by atoms with Gasteiger partial charge in [-0.3, -0.25) is 4.79 Å². The highest BCUT2D eigenvalue weighted by Crippen LogP contribution is 2.31. The van der Waals surface area contributed by atoms with E-state index >= 15 is 0 Å². The first-order valence-corrected chi connectivity index (χ1v) is 11.2. The molecule has 27 heavy (non-hydrogen) atoms. The lowest BCUT2D eigenvalue weighted by atomic mass is 10.1. The monoisotopic (exact) mass is 421 g/mol. The van der Waals surface area contributed by atoms with Crippen LogP contribution in [0.3, 0.4) is 0 Å². The number of aromatic nitrogens is 4. The van der Waals surface area contributed by atoms with Crippen molar-refractivity contribution in [2.75, 3.05) is 13.1 Å². The number of amides is 1. The fraction of sp³-hybridized carbons (Fsp3) is 0.444. The third kappa shape index (κ3) is 3.97. The van der Waals surface area contributed by atoms with Gasteiger partial charge in [0.05, 0.1) is 14.5 Å². The van der Waals surface area contributed by atoms with Crippen LogP contribution in [0.15, 0.2) is 29.3 Å². The van der Waals surface area contributed by atoms with Crippen LogP contribution in [0.25, 0.3) is 16.3 Å². The number of carbonyl (C=O) groups excluding carboxylic acids is 1. The summed E-state index contributed by atoms with van der Waals surface area (Å²) in [5.74, 6) is 0.887. The highest BCUT2D eigenvalue weighted by molar-refractivity contribution is 8.00. The zero-order valence-corrected chi connectivity index (χ0v) is 17.4. The molecule has 0 aliphatic carbocycles. The lowest BCUT2D eigenvalue weighted by Crippen LogP contribution is -2.40. The number of likely N-dealkylation sites (tertiary alicyclic amines) is 1. The van der Waals surface area contributed by atoms with Crippen LogP contribution in [0.1, 0.15) is 32.6 Å². The van der Waals surface area contributed by atoms with Crippen LogP contribution < -0.4 is 0 Å². The van der Waals surface area contributed by atoms with Crippen molar-refractivity contribution in [1.82, 2.24) is 24.7 Å². The average Bonchev–Trinajstić information content (AvgIpc) is 3.31. The number of carbonyl (C=O) groups is 1. The van der Waals surface area contributed by atoms with Crippen LogP contribution in [-0.4, -0.2) is 49.0 Å². The Morgan fingerprint density at radius 2 is 2.04 bits per heavy atom.